The number of hydrogen-bond acceptors (Lipinski definition) is 5. The molecule has 1 aromatic heterocycles. The van der Waals surface area contributed by atoms with Crippen molar-refractivity contribution in [2.24, 2.45) is 0 Å². The zero-order valence-electron chi connectivity index (χ0n) is 11.9. The molecule has 0 saturated carbocycles. The molecule has 1 aliphatic heterocycles. The van der Waals surface area contributed by atoms with E-state index in [1.807, 2.05) is 26.8 Å². The highest BCUT2D eigenvalue weighted by Gasteiger charge is 2.26. The lowest BCUT2D eigenvalue weighted by atomic mass is 10.2. The summed E-state index contributed by atoms with van der Waals surface area (Å²) < 4.78 is 5.25. The zero-order chi connectivity index (χ0) is 14.8. The van der Waals surface area contributed by atoms with Crippen LogP contribution in [0.4, 0.5) is 5.69 Å². The number of nitrogens with zero attached hydrogens (tertiary/aromatic N) is 2. The summed E-state index contributed by atoms with van der Waals surface area (Å²) in [5.41, 5.74) is 0.274. The number of hydrogen-bond donors (Lipinski definition) is 0. The van der Waals surface area contributed by atoms with E-state index in [0.717, 1.165) is 10.6 Å². The number of carbonyl (C=O) groups is 2. The van der Waals surface area contributed by atoms with Gasteiger partial charge < -0.3 is 9.64 Å². The highest BCUT2D eigenvalue weighted by molar-refractivity contribution is 8.00. The lowest BCUT2D eigenvalue weighted by molar-refractivity contribution is -0.154. The molecule has 0 bridgehead atoms. The van der Waals surface area contributed by atoms with E-state index in [4.69, 9.17) is 4.74 Å². The second-order valence-corrected chi connectivity index (χ2v) is 6.53. The molecule has 0 spiro atoms. The lowest BCUT2D eigenvalue weighted by Gasteiger charge is -2.28. The molecule has 108 valence electrons. The molecule has 1 amide bonds. The Labute approximate surface area is 122 Å². The first-order valence-corrected chi connectivity index (χ1v) is 7.44. The number of thioether (sulfide) groups is 1. The van der Waals surface area contributed by atoms with E-state index in [1.165, 1.54) is 11.8 Å². The molecule has 2 rings (SSSR count). The molecule has 0 aliphatic carbocycles. The Kier molecular flexibility index (Phi) is 4.32. The molecule has 1 aromatic rings. The van der Waals surface area contributed by atoms with Crippen molar-refractivity contribution in [3.8, 4) is 0 Å². The van der Waals surface area contributed by atoms with Gasteiger partial charge in [0.05, 0.1) is 24.1 Å². The van der Waals surface area contributed by atoms with Gasteiger partial charge in [0.25, 0.3) is 0 Å². The largest absolute Gasteiger partial charge is 0.460 e. The zero-order valence-corrected chi connectivity index (χ0v) is 12.7. The number of anilines is 1. The van der Waals surface area contributed by atoms with Crippen molar-refractivity contribution in [3.05, 3.63) is 18.5 Å². The molecule has 0 aromatic carbocycles. The van der Waals surface area contributed by atoms with E-state index in [9.17, 15) is 9.59 Å². The van der Waals surface area contributed by atoms with Crippen molar-refractivity contribution in [1.82, 2.24) is 4.98 Å². The summed E-state index contributed by atoms with van der Waals surface area (Å²) in [6.45, 7) is 5.80. The molecule has 5 nitrogen and oxygen atoms in total. The Bertz CT molecular complexity index is 525. The minimum Gasteiger partial charge on any atom is -0.460 e. The van der Waals surface area contributed by atoms with Gasteiger partial charge in [-0.1, -0.05) is 0 Å². The van der Waals surface area contributed by atoms with Crippen LogP contribution in [0.5, 0.6) is 0 Å². The van der Waals surface area contributed by atoms with Crippen molar-refractivity contribution in [2.75, 3.05) is 17.2 Å². The van der Waals surface area contributed by atoms with Crippen molar-refractivity contribution >= 4 is 29.3 Å². The molecule has 0 atom stereocenters. The number of aromatic nitrogens is 1. The predicted molar refractivity (Wildman–Crippen MR) is 77.8 cm³/mol. The second-order valence-electron chi connectivity index (χ2n) is 5.51. The standard InChI is InChI=1S/C14H18N2O3S/c1-14(2,3)19-13(18)5-7-16-10-8-15-6-4-11(10)20-9-12(16)17/h4,6,8H,5,7,9H2,1-3H3. The Morgan fingerprint density at radius 2 is 2.25 bits per heavy atom. The van der Waals surface area contributed by atoms with Gasteiger partial charge >= 0.3 is 5.97 Å². The first kappa shape index (κ1) is 14.8. The Morgan fingerprint density at radius 1 is 1.50 bits per heavy atom. The van der Waals surface area contributed by atoms with Crippen LogP contribution in [0.2, 0.25) is 0 Å². The molecule has 0 unspecified atom stereocenters. The summed E-state index contributed by atoms with van der Waals surface area (Å²) in [5, 5.41) is 0. The first-order chi connectivity index (χ1) is 9.37. The Morgan fingerprint density at radius 3 is 2.95 bits per heavy atom. The van der Waals surface area contributed by atoms with E-state index in [1.54, 1.807) is 17.3 Å². The van der Waals surface area contributed by atoms with Crippen LogP contribution in [0, 0.1) is 0 Å². The van der Waals surface area contributed by atoms with Crippen LogP contribution in [0.3, 0.4) is 0 Å². The predicted octanol–water partition coefficient (Wildman–Crippen LogP) is 2.25. The second kappa shape index (κ2) is 5.83. The van der Waals surface area contributed by atoms with Crippen LogP contribution in [-0.4, -0.2) is 34.8 Å². The van der Waals surface area contributed by atoms with E-state index in [-0.39, 0.29) is 18.3 Å². The van der Waals surface area contributed by atoms with Crippen molar-refractivity contribution in [3.63, 3.8) is 0 Å². The van der Waals surface area contributed by atoms with Gasteiger partial charge in [0, 0.05) is 17.6 Å². The summed E-state index contributed by atoms with van der Waals surface area (Å²) in [6, 6.07) is 1.88. The highest BCUT2D eigenvalue weighted by atomic mass is 32.2. The molecule has 0 fully saturated rings. The third-order valence-corrected chi connectivity index (χ3v) is 3.71. The number of esters is 1. The normalized spacial score (nSPS) is 14.9. The van der Waals surface area contributed by atoms with E-state index >= 15 is 0 Å². The van der Waals surface area contributed by atoms with Crippen LogP contribution in [0.15, 0.2) is 23.4 Å². The molecule has 6 heteroatoms. The van der Waals surface area contributed by atoms with Gasteiger partial charge in [0.15, 0.2) is 0 Å². The maximum atomic E-state index is 12.0. The average molecular weight is 294 g/mol. The summed E-state index contributed by atoms with van der Waals surface area (Å²) in [4.78, 5) is 30.4. The molecule has 0 saturated heterocycles. The van der Waals surface area contributed by atoms with Gasteiger partial charge in [-0.25, -0.2) is 0 Å². The number of carbonyl (C=O) groups excluding carboxylic acids is 2. The van der Waals surface area contributed by atoms with E-state index in [2.05, 4.69) is 4.98 Å². The summed E-state index contributed by atoms with van der Waals surface area (Å²) in [7, 11) is 0. The number of rotatable bonds is 3. The van der Waals surface area contributed by atoms with Gasteiger partial charge in [-0.2, -0.15) is 0 Å². The number of ether oxygens (including phenoxy) is 1. The van der Waals surface area contributed by atoms with Gasteiger partial charge in [-0.15, -0.1) is 11.8 Å². The van der Waals surface area contributed by atoms with Crippen molar-refractivity contribution in [1.29, 1.82) is 0 Å². The quantitative estimate of drug-likeness (QED) is 0.800. The van der Waals surface area contributed by atoms with Gasteiger partial charge in [0.1, 0.15) is 5.60 Å². The van der Waals surface area contributed by atoms with Crippen LogP contribution >= 0.6 is 11.8 Å². The molecule has 0 N–H and O–H groups in total. The van der Waals surface area contributed by atoms with Crippen LogP contribution < -0.4 is 4.90 Å². The molecule has 20 heavy (non-hydrogen) atoms. The smallest absolute Gasteiger partial charge is 0.308 e. The van der Waals surface area contributed by atoms with Crippen LogP contribution in [0.1, 0.15) is 27.2 Å². The first-order valence-electron chi connectivity index (χ1n) is 6.46. The minimum absolute atomic E-state index is 0.000872. The van der Waals surface area contributed by atoms with E-state index < -0.39 is 5.60 Å². The van der Waals surface area contributed by atoms with Crippen molar-refractivity contribution < 1.29 is 14.3 Å². The molecule has 1 aliphatic rings. The van der Waals surface area contributed by atoms with Gasteiger partial charge in [-0.05, 0) is 26.8 Å². The SMILES string of the molecule is CC(C)(C)OC(=O)CCN1C(=O)CSc2ccncc21. The molecular weight excluding hydrogens is 276 g/mol. The van der Waals surface area contributed by atoms with Crippen LogP contribution in [-0.2, 0) is 14.3 Å². The lowest BCUT2D eigenvalue weighted by Crippen LogP contribution is -2.37. The van der Waals surface area contributed by atoms with Gasteiger partial charge in [0.2, 0.25) is 5.91 Å². The van der Waals surface area contributed by atoms with Crippen LogP contribution in [0.25, 0.3) is 0 Å². The summed E-state index contributed by atoms with van der Waals surface area (Å²) in [5.74, 6) is 0.0961. The maximum absolute atomic E-state index is 12.0. The Balaban J connectivity index is 2.02. The molecule has 0 radical (unpaired) electrons. The maximum Gasteiger partial charge on any atom is 0.308 e. The summed E-state index contributed by atoms with van der Waals surface area (Å²) in [6.07, 6.45) is 3.55. The fourth-order valence-corrected chi connectivity index (χ4v) is 2.79. The third-order valence-electron chi connectivity index (χ3n) is 2.66. The number of fused-ring (bicyclic) bond motifs is 1. The van der Waals surface area contributed by atoms with Gasteiger partial charge in [-0.3, -0.25) is 14.6 Å². The average Bonchev–Trinajstić information content (AvgIpc) is 2.35. The van der Waals surface area contributed by atoms with E-state index in [0.29, 0.717) is 12.3 Å². The van der Waals surface area contributed by atoms with Crippen molar-refractivity contribution in [2.45, 2.75) is 37.7 Å². The highest BCUT2D eigenvalue weighted by Crippen LogP contribution is 2.34. The number of amides is 1. The molecular formula is C14H18N2O3S. The third kappa shape index (κ3) is 3.72. The molecule has 2 heterocycles. The fraction of sp³-hybridized carbons (Fsp3) is 0.500. The Hall–Kier alpha value is -1.56. The monoisotopic (exact) mass is 294 g/mol. The fourth-order valence-electron chi connectivity index (χ4n) is 1.89. The topological polar surface area (TPSA) is 59.5 Å². The summed E-state index contributed by atoms with van der Waals surface area (Å²) >= 11 is 1.50. The number of pyridine rings is 1. The minimum atomic E-state index is -0.502.